The van der Waals surface area contributed by atoms with Crippen LogP contribution in [-0.2, 0) is 4.79 Å². The van der Waals surface area contributed by atoms with E-state index in [-0.39, 0.29) is 0 Å². The zero-order valence-electron chi connectivity index (χ0n) is 10.9. The molecule has 2 aromatic carbocycles. The number of thiazole rings is 1. The summed E-state index contributed by atoms with van der Waals surface area (Å²) >= 11 is 2.87. The van der Waals surface area contributed by atoms with Crippen molar-refractivity contribution in [2.45, 2.75) is 9.59 Å². The average Bonchev–Trinajstić information content (AvgIpc) is 2.95. The summed E-state index contributed by atoms with van der Waals surface area (Å²) in [7, 11) is 0. The van der Waals surface area contributed by atoms with Crippen LogP contribution >= 0.6 is 23.1 Å². The topological polar surface area (TPSA) is 62.2 Å². The number of carbonyl (C=O) groups excluding carboxylic acids is 1. The predicted molar refractivity (Wildman–Crippen MR) is 84.6 cm³/mol. The standard InChI is InChI=1S/C15H12N2O2S2/c18-14(17-19)13(10-6-2-1-3-7-10)21-15-16-11-8-4-5-9-12(11)20-15/h1-9,13,19H,(H,17,18). The molecular weight excluding hydrogens is 304 g/mol. The summed E-state index contributed by atoms with van der Waals surface area (Å²) in [5, 5.41) is 8.42. The van der Waals surface area contributed by atoms with Crippen molar-refractivity contribution >= 4 is 39.2 Å². The molecule has 3 rings (SSSR count). The molecule has 1 unspecified atom stereocenters. The number of para-hydroxylation sites is 1. The SMILES string of the molecule is O=C(NO)C(Sc1nc2ccccc2s1)c1ccccc1. The predicted octanol–water partition coefficient (Wildman–Crippen LogP) is 3.64. The minimum atomic E-state index is -0.531. The first-order valence-corrected chi connectivity index (χ1v) is 7.98. The van der Waals surface area contributed by atoms with Crippen molar-refractivity contribution in [1.29, 1.82) is 0 Å². The maximum Gasteiger partial charge on any atom is 0.261 e. The maximum absolute atomic E-state index is 11.9. The summed E-state index contributed by atoms with van der Waals surface area (Å²) < 4.78 is 1.88. The van der Waals surface area contributed by atoms with E-state index in [1.54, 1.807) is 5.48 Å². The summed E-state index contributed by atoms with van der Waals surface area (Å²) in [5.41, 5.74) is 3.48. The number of amides is 1. The molecule has 1 aromatic heterocycles. The van der Waals surface area contributed by atoms with E-state index >= 15 is 0 Å². The van der Waals surface area contributed by atoms with Crippen molar-refractivity contribution in [3.05, 3.63) is 60.2 Å². The summed E-state index contributed by atoms with van der Waals surface area (Å²) in [5.74, 6) is -0.453. The second-order valence-corrected chi connectivity index (χ2v) is 6.71. The van der Waals surface area contributed by atoms with Crippen molar-refractivity contribution in [1.82, 2.24) is 10.5 Å². The lowest BCUT2D eigenvalue weighted by atomic mass is 10.1. The second-order valence-electron chi connectivity index (χ2n) is 4.33. The van der Waals surface area contributed by atoms with Gasteiger partial charge in [-0.2, -0.15) is 0 Å². The van der Waals surface area contributed by atoms with E-state index < -0.39 is 11.2 Å². The Bertz CT molecular complexity index is 725. The molecule has 21 heavy (non-hydrogen) atoms. The number of fused-ring (bicyclic) bond motifs is 1. The number of rotatable bonds is 4. The Morgan fingerprint density at radius 1 is 1.14 bits per heavy atom. The molecule has 0 saturated heterocycles. The van der Waals surface area contributed by atoms with Crippen LogP contribution in [0.15, 0.2) is 58.9 Å². The Kier molecular flexibility index (Phi) is 4.19. The van der Waals surface area contributed by atoms with Gasteiger partial charge >= 0.3 is 0 Å². The Morgan fingerprint density at radius 2 is 1.86 bits per heavy atom. The zero-order chi connectivity index (χ0) is 14.7. The minimum Gasteiger partial charge on any atom is -0.289 e. The molecule has 1 heterocycles. The second kappa shape index (κ2) is 6.26. The molecule has 6 heteroatoms. The van der Waals surface area contributed by atoms with Crippen LogP contribution in [0.2, 0.25) is 0 Å². The number of hydrogen-bond acceptors (Lipinski definition) is 5. The fourth-order valence-electron chi connectivity index (χ4n) is 1.96. The summed E-state index contributed by atoms with van der Waals surface area (Å²) in [4.78, 5) is 16.4. The Hall–Kier alpha value is -1.89. The Labute approximate surface area is 129 Å². The molecule has 1 atom stereocenters. The lowest BCUT2D eigenvalue weighted by Crippen LogP contribution is -2.24. The quantitative estimate of drug-likeness (QED) is 0.438. The number of aromatic nitrogens is 1. The van der Waals surface area contributed by atoms with E-state index in [9.17, 15) is 4.79 Å². The molecule has 0 aliphatic carbocycles. The number of nitrogens with zero attached hydrogens (tertiary/aromatic N) is 1. The van der Waals surface area contributed by atoms with Gasteiger partial charge in [0.25, 0.3) is 5.91 Å². The zero-order valence-corrected chi connectivity index (χ0v) is 12.5. The molecule has 0 aliphatic heterocycles. The van der Waals surface area contributed by atoms with Crippen LogP contribution in [0.25, 0.3) is 10.2 Å². The smallest absolute Gasteiger partial charge is 0.261 e. The van der Waals surface area contributed by atoms with Crippen LogP contribution < -0.4 is 5.48 Å². The molecule has 0 spiro atoms. The van der Waals surface area contributed by atoms with Crippen molar-refractivity contribution in [3.63, 3.8) is 0 Å². The van der Waals surface area contributed by atoms with Crippen LogP contribution in [0.3, 0.4) is 0 Å². The first kappa shape index (κ1) is 14.1. The highest BCUT2D eigenvalue weighted by Crippen LogP contribution is 2.39. The highest BCUT2D eigenvalue weighted by molar-refractivity contribution is 8.02. The molecule has 0 bridgehead atoms. The van der Waals surface area contributed by atoms with E-state index in [1.807, 2.05) is 54.6 Å². The molecule has 2 N–H and O–H groups in total. The molecule has 106 valence electrons. The number of carbonyl (C=O) groups is 1. The van der Waals surface area contributed by atoms with Crippen LogP contribution in [0.5, 0.6) is 0 Å². The van der Waals surface area contributed by atoms with Crippen LogP contribution in [0, 0.1) is 0 Å². The monoisotopic (exact) mass is 316 g/mol. The Balaban J connectivity index is 1.92. The number of hydrogen-bond donors (Lipinski definition) is 2. The lowest BCUT2D eigenvalue weighted by molar-refractivity contribution is -0.128. The van der Waals surface area contributed by atoms with Crippen LogP contribution in [0.4, 0.5) is 0 Å². The fraction of sp³-hybridized carbons (Fsp3) is 0.0667. The number of benzene rings is 2. The van der Waals surface area contributed by atoms with Gasteiger partial charge < -0.3 is 0 Å². The van der Waals surface area contributed by atoms with E-state index in [1.165, 1.54) is 23.1 Å². The summed E-state index contributed by atoms with van der Waals surface area (Å²) in [6.45, 7) is 0. The van der Waals surface area contributed by atoms with Crippen molar-refractivity contribution in [2.75, 3.05) is 0 Å². The van der Waals surface area contributed by atoms with Crippen molar-refractivity contribution in [2.24, 2.45) is 0 Å². The molecule has 4 nitrogen and oxygen atoms in total. The summed E-state index contributed by atoms with van der Waals surface area (Å²) in [6, 6.07) is 17.2. The van der Waals surface area contributed by atoms with Gasteiger partial charge in [0.15, 0.2) is 4.34 Å². The fourth-order valence-corrected chi connectivity index (χ4v) is 4.21. The largest absolute Gasteiger partial charge is 0.289 e. The third-order valence-electron chi connectivity index (χ3n) is 2.94. The molecular formula is C15H12N2O2S2. The average molecular weight is 316 g/mol. The van der Waals surface area contributed by atoms with Crippen LogP contribution in [0.1, 0.15) is 10.8 Å². The number of hydroxylamine groups is 1. The van der Waals surface area contributed by atoms with Gasteiger partial charge in [0.1, 0.15) is 5.25 Å². The Morgan fingerprint density at radius 3 is 2.57 bits per heavy atom. The summed E-state index contributed by atoms with van der Waals surface area (Å²) in [6.07, 6.45) is 0. The van der Waals surface area contributed by atoms with E-state index in [0.29, 0.717) is 0 Å². The van der Waals surface area contributed by atoms with Gasteiger partial charge in [-0.25, -0.2) is 10.5 Å². The van der Waals surface area contributed by atoms with E-state index in [0.717, 1.165) is 20.1 Å². The first-order valence-electron chi connectivity index (χ1n) is 6.29. The van der Waals surface area contributed by atoms with Crippen molar-refractivity contribution < 1.29 is 10.0 Å². The molecule has 0 radical (unpaired) electrons. The highest BCUT2D eigenvalue weighted by atomic mass is 32.2. The van der Waals surface area contributed by atoms with Crippen LogP contribution in [-0.4, -0.2) is 16.1 Å². The van der Waals surface area contributed by atoms with Gasteiger partial charge in [0, 0.05) is 0 Å². The normalized spacial score (nSPS) is 12.2. The van der Waals surface area contributed by atoms with E-state index in [2.05, 4.69) is 4.98 Å². The third kappa shape index (κ3) is 3.07. The van der Waals surface area contributed by atoms with Gasteiger partial charge in [0.05, 0.1) is 10.2 Å². The highest BCUT2D eigenvalue weighted by Gasteiger charge is 2.23. The van der Waals surface area contributed by atoms with Gasteiger partial charge in [-0.3, -0.25) is 10.0 Å². The van der Waals surface area contributed by atoms with E-state index in [4.69, 9.17) is 5.21 Å². The molecule has 0 aliphatic rings. The van der Waals surface area contributed by atoms with Gasteiger partial charge in [-0.05, 0) is 17.7 Å². The van der Waals surface area contributed by atoms with Gasteiger partial charge in [-0.1, -0.05) is 54.2 Å². The molecule has 3 aromatic rings. The van der Waals surface area contributed by atoms with Crippen molar-refractivity contribution in [3.8, 4) is 0 Å². The maximum atomic E-state index is 11.9. The number of nitrogens with one attached hydrogen (secondary N) is 1. The molecule has 0 fully saturated rings. The minimum absolute atomic E-state index is 0.453. The molecule has 0 saturated carbocycles. The third-order valence-corrected chi connectivity index (χ3v) is 5.33. The van der Waals surface area contributed by atoms with Gasteiger partial charge in [0.2, 0.25) is 0 Å². The first-order chi connectivity index (χ1) is 10.3. The lowest BCUT2D eigenvalue weighted by Gasteiger charge is -2.12. The molecule has 1 amide bonds. The number of thioether (sulfide) groups is 1. The van der Waals surface area contributed by atoms with Gasteiger partial charge in [-0.15, -0.1) is 11.3 Å².